The summed E-state index contributed by atoms with van der Waals surface area (Å²) in [6, 6.07) is 61.0. The minimum atomic E-state index is -1.78. The summed E-state index contributed by atoms with van der Waals surface area (Å²) in [5, 5.41) is 24.0. The second kappa shape index (κ2) is 43.5. The van der Waals surface area contributed by atoms with Crippen molar-refractivity contribution in [1.82, 2.24) is 24.7 Å². The van der Waals surface area contributed by atoms with E-state index >= 15 is 0 Å². The zero-order valence-corrected chi connectivity index (χ0v) is 82.0. The zero-order chi connectivity index (χ0) is 88.8. The molecule has 0 saturated carbocycles. The van der Waals surface area contributed by atoms with Crippen LogP contribution in [0, 0.1) is 111 Å². The second-order valence-electron chi connectivity index (χ2n) is 30.9. The van der Waals surface area contributed by atoms with Gasteiger partial charge in [0.25, 0.3) is 0 Å². The normalized spacial score (nSPS) is 13.1. The first-order valence-corrected chi connectivity index (χ1v) is 50.7. The van der Waals surface area contributed by atoms with Crippen LogP contribution in [0.2, 0.25) is 6.82 Å². The van der Waals surface area contributed by atoms with Crippen LogP contribution in [-0.4, -0.2) is 119 Å². The molecule has 122 heavy (non-hydrogen) atoms. The Morgan fingerprint density at radius 1 is 0.377 bits per heavy atom. The molecule has 1 aliphatic heterocycles. The predicted octanol–water partition coefficient (Wildman–Crippen LogP) is 17.8. The monoisotopic (exact) mass is 1840 g/mol. The third-order valence-electron chi connectivity index (χ3n) is 22.7. The third-order valence-corrected chi connectivity index (χ3v) is 36.0. The van der Waals surface area contributed by atoms with Crippen molar-refractivity contribution < 1.29 is 58.1 Å². The number of nitrogens with one attached hydrogen (secondary N) is 2. The fourth-order valence-electron chi connectivity index (χ4n) is 17.2. The summed E-state index contributed by atoms with van der Waals surface area (Å²) in [6.07, 6.45) is 0.731. The summed E-state index contributed by atoms with van der Waals surface area (Å²) in [5.74, 6) is 3.73. The van der Waals surface area contributed by atoms with Crippen LogP contribution >= 0.6 is 51.1 Å². The summed E-state index contributed by atoms with van der Waals surface area (Å²) >= 11 is -0.346. The van der Waals surface area contributed by atoms with Crippen LogP contribution in [0.3, 0.4) is 0 Å². The number of pyridine rings is 4. The second-order valence-corrected chi connectivity index (χ2v) is 42.3. The Labute approximate surface area is 744 Å². The molecule has 0 spiro atoms. The number of nitrogens with zero attached hydrogens (tertiary/aromatic N) is 5. The molecule has 1 aliphatic rings. The van der Waals surface area contributed by atoms with E-state index in [1.807, 2.05) is 4.81 Å². The van der Waals surface area contributed by atoms with Gasteiger partial charge in [-0.15, -0.1) is 12.6 Å². The molecule has 640 valence electrons. The van der Waals surface area contributed by atoms with Gasteiger partial charge < -0.3 is 59.2 Å². The number of hydrogen-bond acceptors (Lipinski definition) is 14. The van der Waals surface area contributed by atoms with Crippen molar-refractivity contribution in [3.05, 3.63) is 270 Å². The number of benzene rings is 8. The van der Waals surface area contributed by atoms with Crippen molar-refractivity contribution in [2.24, 2.45) is 0 Å². The number of ether oxygens (including phenoxy) is 8. The Morgan fingerprint density at radius 2 is 0.590 bits per heavy atom. The van der Waals surface area contributed by atoms with E-state index in [0.29, 0.717) is 60.1 Å². The van der Waals surface area contributed by atoms with Crippen molar-refractivity contribution in [3.63, 3.8) is 0 Å². The molecule has 3 N–H and O–H groups in total. The standard InChI is InChI=1S/2C46H50N2O4P2.C6H14BN3O.2ClH.Ru/c2*1-27-17-13-18-28(2)41(27)53(42-29(3)19-14-20-30(42)4)35-25-37(49-9)47-45(51-11)39(35)40-36(26-38(50-10)48-46(40)52-12)54(43-31(5)21-15-22-32(43)6)44-33(7)23-16-24-34(44)8;1-7(11)10-4-5(9)2-6(10)3-8;;;/h2*13-26H,1-12H3;5-6,8-9,11H,2-4H2,1H3;2*1H;/q;;-2;;;+4/t;;5-,6-;;;/m..1.../s1. The topological polar surface area (TPSA) is 196 Å². The third kappa shape index (κ3) is 20.6. The summed E-state index contributed by atoms with van der Waals surface area (Å²) in [5.41, 5.74) is 37.7. The van der Waals surface area contributed by atoms with Gasteiger partial charge in [-0.2, -0.15) is 19.9 Å². The van der Waals surface area contributed by atoms with Gasteiger partial charge in [0.05, 0.1) is 79.1 Å². The van der Waals surface area contributed by atoms with Crippen LogP contribution in [0.1, 0.15) is 95.4 Å². The van der Waals surface area contributed by atoms with Crippen LogP contribution < -0.4 is 102 Å². The number of methoxy groups -OCH3 is 8. The summed E-state index contributed by atoms with van der Waals surface area (Å²) in [4.78, 5) is 21.8. The molecule has 0 unspecified atom stereocenters. The summed E-state index contributed by atoms with van der Waals surface area (Å²) in [7, 11) is 16.6. The number of rotatable bonds is 24. The number of aryl methyl sites for hydroxylation is 16. The molecule has 1 fully saturated rings. The van der Waals surface area contributed by atoms with Gasteiger partial charge in [0.15, 0.2) is 0 Å². The Balaban J connectivity index is 0.000000220. The van der Waals surface area contributed by atoms with E-state index in [-0.39, 0.29) is 27.2 Å². The van der Waals surface area contributed by atoms with Crippen molar-refractivity contribution in [3.8, 4) is 69.3 Å². The maximum atomic E-state index is 9.23. The molecule has 13 rings (SSSR count). The molecular formula is C98H116BCl2N7O9P4Ru+2. The Morgan fingerprint density at radius 3 is 0.787 bits per heavy atom. The molecule has 12 aromatic rings. The Bertz CT molecular complexity index is 4710. The van der Waals surface area contributed by atoms with Gasteiger partial charge in [-0.3, -0.25) is 0 Å². The molecule has 0 amide bonds. The quantitative estimate of drug-likeness (QED) is 0.0443. The van der Waals surface area contributed by atoms with Crippen LogP contribution in [-0.2, 0) is 15.1 Å². The first kappa shape index (κ1) is 95.8. The van der Waals surface area contributed by atoms with E-state index in [1.165, 1.54) is 131 Å². The molecule has 8 aromatic carbocycles. The molecule has 0 bridgehead atoms. The Hall–Kier alpha value is -8.41. The van der Waals surface area contributed by atoms with Gasteiger partial charge in [0, 0.05) is 34.9 Å². The van der Waals surface area contributed by atoms with Crippen LogP contribution in [0.25, 0.3) is 33.7 Å². The fraction of sp³-hybridized carbons (Fsp3) is 0.306. The molecular weight excluding hydrogens is 1730 g/mol. The van der Waals surface area contributed by atoms with Gasteiger partial charge >= 0.3 is 41.6 Å². The molecule has 16 nitrogen and oxygen atoms in total. The maximum absolute atomic E-state index is 9.23. The Kier molecular flexibility index (Phi) is 34.1. The van der Waals surface area contributed by atoms with E-state index in [1.54, 1.807) is 63.7 Å². The van der Waals surface area contributed by atoms with Crippen molar-refractivity contribution in [2.45, 2.75) is 136 Å². The number of halogens is 2. The molecule has 1 saturated heterocycles. The summed E-state index contributed by atoms with van der Waals surface area (Å²) in [6.45, 7) is 38.1. The SMILES string of the molecule is CB(O)N1C[C@H]([NH-])C[C@@H]1C[NH-].COc1cc(P(c2c(C)cccc2C)c2c(C)cccc2C)c(-c2c(P(c3c(C)cccc3C)c3c(C)cccc3C)cc(OC)nc2OC)c(OC)n1.COc1cc([PH+](c2c(C)cccc2C)c2c(C)cccc2C)c(-c2c([PH+](c3c(C)cccc3C)c3c(C)cccc3C)cc(OC)nc2OC)c(OC)n1.[Cl][Ru+2][Cl]. The first-order chi connectivity index (χ1) is 58.5. The number of aromatic nitrogens is 4. The van der Waals surface area contributed by atoms with Gasteiger partial charge in [-0.05, 0) is 256 Å². The summed E-state index contributed by atoms with van der Waals surface area (Å²) < 4.78 is 49.2. The number of hydrogen-bond donors (Lipinski definition) is 1. The van der Waals surface area contributed by atoms with E-state index in [4.69, 9.17) is 88.7 Å². The molecule has 5 heterocycles. The first-order valence-electron chi connectivity index (χ1n) is 40.5. The van der Waals surface area contributed by atoms with Crippen molar-refractivity contribution >= 4 is 122 Å². The predicted molar refractivity (Wildman–Crippen MR) is 519 cm³/mol. The van der Waals surface area contributed by atoms with E-state index < -0.39 is 38.7 Å². The van der Waals surface area contributed by atoms with Crippen LogP contribution in [0.5, 0.6) is 47.0 Å². The zero-order valence-electron chi connectivity index (χ0n) is 75.0. The molecule has 0 radical (unpaired) electrons. The van der Waals surface area contributed by atoms with Crippen LogP contribution in [0.15, 0.2) is 170 Å². The van der Waals surface area contributed by atoms with Crippen molar-refractivity contribution in [2.75, 3.05) is 70.0 Å². The fourth-order valence-corrected chi connectivity index (χ4v) is 30.3. The van der Waals surface area contributed by atoms with Gasteiger partial charge in [-0.25, -0.2) is 0 Å². The van der Waals surface area contributed by atoms with Crippen molar-refractivity contribution in [1.29, 1.82) is 0 Å². The average molecular weight is 1840 g/mol. The van der Waals surface area contributed by atoms with Gasteiger partial charge in [0.1, 0.15) is 47.7 Å². The van der Waals surface area contributed by atoms with Gasteiger partial charge in [0.2, 0.25) is 47.0 Å². The average Bonchev–Trinajstić information content (AvgIpc) is 0.861. The van der Waals surface area contributed by atoms with E-state index in [9.17, 15) is 5.02 Å². The minimum absolute atomic E-state index is 0.0949. The molecule has 24 heteroatoms. The molecule has 4 aromatic heterocycles. The van der Waals surface area contributed by atoms with E-state index in [0.717, 1.165) is 49.9 Å². The van der Waals surface area contributed by atoms with Crippen LogP contribution in [0.4, 0.5) is 0 Å². The van der Waals surface area contributed by atoms with Gasteiger partial charge in [-0.1, -0.05) is 152 Å². The molecule has 2 atom stereocenters. The van der Waals surface area contributed by atoms with E-state index in [2.05, 4.69) is 281 Å². The molecule has 0 aliphatic carbocycles.